The molecule has 3 aliphatic rings. The molecule has 2 N–H and O–H groups in total. The van der Waals surface area contributed by atoms with Crippen molar-refractivity contribution in [2.24, 2.45) is 0 Å². The third kappa shape index (κ3) is 5.65. The molecule has 3 fully saturated rings. The highest BCUT2D eigenvalue weighted by Gasteiger charge is 2.52. The number of aromatic nitrogens is 1. The van der Waals surface area contributed by atoms with Crippen LogP contribution in [0.2, 0.25) is 0 Å². The number of anilines is 2. The summed E-state index contributed by atoms with van der Waals surface area (Å²) in [6.45, 7) is 4.03. The van der Waals surface area contributed by atoms with E-state index in [2.05, 4.69) is 36.3 Å². The molecule has 37 heavy (non-hydrogen) atoms. The van der Waals surface area contributed by atoms with E-state index < -0.39 is 12.7 Å². The first kappa shape index (κ1) is 25.7. The van der Waals surface area contributed by atoms with Crippen molar-refractivity contribution in [3.05, 3.63) is 48.2 Å². The second-order valence-corrected chi connectivity index (χ2v) is 11.5. The average Bonchev–Trinajstić information content (AvgIpc) is 3.50. The van der Waals surface area contributed by atoms with Crippen LogP contribution in [0.5, 0.6) is 5.75 Å². The molecule has 1 saturated carbocycles. The summed E-state index contributed by atoms with van der Waals surface area (Å²) in [5.41, 5.74) is 2.30. The smallest absolute Gasteiger partial charge is 0.406 e. The Morgan fingerprint density at radius 1 is 1.19 bits per heavy atom. The lowest BCUT2D eigenvalue weighted by Crippen LogP contribution is -2.47. The SMILES string of the molecule is COc1cc(SC(C)C)ccc1NCC#Cc1cc2c(NC34COC(C3)C4)cccc2n1CC(F)(F)F. The van der Waals surface area contributed by atoms with Gasteiger partial charge < -0.3 is 24.7 Å². The molecule has 3 heterocycles. The Morgan fingerprint density at radius 3 is 2.68 bits per heavy atom. The monoisotopic (exact) mass is 529 g/mol. The van der Waals surface area contributed by atoms with Crippen LogP contribution in [0.25, 0.3) is 10.9 Å². The molecule has 0 unspecified atom stereocenters. The molecule has 196 valence electrons. The minimum absolute atomic E-state index is 0.122. The molecular formula is C28H30F3N3O2S. The zero-order valence-electron chi connectivity index (χ0n) is 21.0. The number of alkyl halides is 3. The van der Waals surface area contributed by atoms with Gasteiger partial charge >= 0.3 is 6.18 Å². The molecule has 1 aromatic heterocycles. The van der Waals surface area contributed by atoms with Gasteiger partial charge in [0.15, 0.2) is 0 Å². The zero-order chi connectivity index (χ0) is 26.2. The summed E-state index contributed by atoms with van der Waals surface area (Å²) in [5.74, 6) is 6.65. The number of nitrogens with zero attached hydrogens (tertiary/aromatic N) is 1. The van der Waals surface area contributed by atoms with E-state index in [9.17, 15) is 13.2 Å². The van der Waals surface area contributed by atoms with E-state index in [0.29, 0.717) is 34.9 Å². The fourth-order valence-corrected chi connectivity index (χ4v) is 5.90. The molecule has 5 nitrogen and oxygen atoms in total. The van der Waals surface area contributed by atoms with Crippen molar-refractivity contribution in [2.45, 2.75) is 61.2 Å². The van der Waals surface area contributed by atoms with E-state index in [4.69, 9.17) is 9.47 Å². The summed E-state index contributed by atoms with van der Waals surface area (Å²) in [6.07, 6.45) is -2.23. The fourth-order valence-electron chi connectivity index (χ4n) is 5.03. The lowest BCUT2D eigenvalue weighted by Gasteiger charge is -2.37. The molecule has 6 rings (SSSR count). The largest absolute Gasteiger partial charge is 0.495 e. The Balaban J connectivity index is 1.38. The van der Waals surface area contributed by atoms with E-state index in [0.717, 1.165) is 34.5 Å². The predicted molar refractivity (Wildman–Crippen MR) is 143 cm³/mol. The molecule has 0 amide bonds. The highest BCUT2D eigenvalue weighted by atomic mass is 32.2. The Morgan fingerprint density at radius 2 is 2.00 bits per heavy atom. The first-order chi connectivity index (χ1) is 17.6. The summed E-state index contributed by atoms with van der Waals surface area (Å²) in [4.78, 5) is 1.10. The van der Waals surface area contributed by atoms with E-state index in [1.807, 2.05) is 24.3 Å². The Kier molecular flexibility index (Phi) is 6.99. The molecule has 0 radical (unpaired) electrons. The van der Waals surface area contributed by atoms with Crippen LogP contribution in [-0.4, -0.2) is 47.9 Å². The van der Waals surface area contributed by atoms with Crippen molar-refractivity contribution in [2.75, 3.05) is 30.9 Å². The number of rotatable bonds is 8. The van der Waals surface area contributed by atoms with Crippen LogP contribution in [-0.2, 0) is 11.3 Å². The maximum Gasteiger partial charge on any atom is 0.406 e. The summed E-state index contributed by atoms with van der Waals surface area (Å²) in [7, 11) is 1.61. The molecule has 2 aliphatic heterocycles. The zero-order valence-corrected chi connectivity index (χ0v) is 21.9. The van der Waals surface area contributed by atoms with Crippen molar-refractivity contribution in [3.63, 3.8) is 0 Å². The quantitative estimate of drug-likeness (QED) is 0.257. The van der Waals surface area contributed by atoms with Gasteiger partial charge in [-0.1, -0.05) is 25.8 Å². The number of thioether (sulfide) groups is 1. The lowest BCUT2D eigenvalue weighted by molar-refractivity contribution is -0.140. The second kappa shape index (κ2) is 10.1. The third-order valence-corrected chi connectivity index (χ3v) is 7.64. The highest BCUT2D eigenvalue weighted by Crippen LogP contribution is 2.45. The molecule has 2 bridgehead atoms. The Hall–Kier alpha value is -2.96. The van der Waals surface area contributed by atoms with Gasteiger partial charge in [-0.05, 0) is 55.2 Å². The molecule has 9 heteroatoms. The van der Waals surface area contributed by atoms with Crippen molar-refractivity contribution < 1.29 is 22.6 Å². The second-order valence-electron chi connectivity index (χ2n) is 9.90. The number of methoxy groups -OCH3 is 1. The standard InChI is InChI=1S/C28H30F3N3O2S/c1-18(2)37-21-9-10-24(26(13-21)35-3)32-11-5-6-19-12-22-23(33-27-14-20(15-27)36-17-27)7-4-8-25(22)34(19)16-28(29,30)31/h4,7-10,12-13,18,20,32-33H,11,14-17H2,1-3H3. The van der Waals surface area contributed by atoms with E-state index in [1.165, 1.54) is 4.57 Å². The Labute approximate surface area is 219 Å². The van der Waals surface area contributed by atoms with Gasteiger partial charge in [-0.25, -0.2) is 0 Å². The van der Waals surface area contributed by atoms with Crippen LogP contribution < -0.4 is 15.4 Å². The number of hydrogen-bond acceptors (Lipinski definition) is 5. The molecule has 2 aromatic carbocycles. The van der Waals surface area contributed by atoms with Gasteiger partial charge in [0, 0.05) is 21.2 Å². The van der Waals surface area contributed by atoms with Crippen LogP contribution in [0.4, 0.5) is 24.5 Å². The predicted octanol–water partition coefficient (Wildman–Crippen LogP) is 6.52. The van der Waals surface area contributed by atoms with Gasteiger partial charge in [0.1, 0.15) is 12.3 Å². The van der Waals surface area contributed by atoms with Crippen molar-refractivity contribution in [1.82, 2.24) is 4.57 Å². The van der Waals surface area contributed by atoms with Crippen molar-refractivity contribution in [3.8, 4) is 17.6 Å². The molecule has 0 spiro atoms. The summed E-state index contributed by atoms with van der Waals surface area (Å²) in [6, 6.07) is 13.1. The number of hydrogen-bond donors (Lipinski definition) is 2. The normalized spacial score (nSPS) is 20.5. The molecule has 0 atom stereocenters. The molecule has 2 saturated heterocycles. The van der Waals surface area contributed by atoms with Crippen LogP contribution in [0.15, 0.2) is 47.4 Å². The van der Waals surface area contributed by atoms with Gasteiger partial charge in [-0.3, -0.25) is 0 Å². The molecule has 3 aromatic rings. The maximum atomic E-state index is 13.5. The fraction of sp³-hybridized carbons (Fsp3) is 0.429. The first-order valence-corrected chi connectivity index (χ1v) is 13.2. The van der Waals surface area contributed by atoms with Crippen LogP contribution in [0.3, 0.4) is 0 Å². The van der Waals surface area contributed by atoms with Crippen LogP contribution >= 0.6 is 11.8 Å². The van der Waals surface area contributed by atoms with Crippen molar-refractivity contribution in [1.29, 1.82) is 0 Å². The topological polar surface area (TPSA) is 47.4 Å². The lowest BCUT2D eigenvalue weighted by atomic mass is 9.78. The number of benzene rings is 2. The Bertz CT molecular complexity index is 1340. The number of halogens is 3. The van der Waals surface area contributed by atoms with E-state index >= 15 is 0 Å². The van der Waals surface area contributed by atoms with Gasteiger partial charge in [-0.2, -0.15) is 13.2 Å². The summed E-state index contributed by atoms with van der Waals surface area (Å²) in [5, 5.41) is 7.95. The molecular weight excluding hydrogens is 499 g/mol. The van der Waals surface area contributed by atoms with Gasteiger partial charge in [0.2, 0.25) is 0 Å². The summed E-state index contributed by atoms with van der Waals surface area (Å²) >= 11 is 1.74. The summed E-state index contributed by atoms with van der Waals surface area (Å²) < 4.78 is 52.9. The number of fused-ring (bicyclic) bond motifs is 2. The minimum Gasteiger partial charge on any atom is -0.495 e. The average molecular weight is 530 g/mol. The van der Waals surface area contributed by atoms with E-state index in [1.54, 1.807) is 37.1 Å². The van der Waals surface area contributed by atoms with Gasteiger partial charge in [-0.15, -0.1) is 11.8 Å². The maximum absolute atomic E-state index is 13.5. The molecule has 1 aliphatic carbocycles. The number of nitrogens with one attached hydrogen (secondary N) is 2. The van der Waals surface area contributed by atoms with Gasteiger partial charge in [0.25, 0.3) is 0 Å². The van der Waals surface area contributed by atoms with Gasteiger partial charge in [0.05, 0.1) is 48.8 Å². The highest BCUT2D eigenvalue weighted by molar-refractivity contribution is 7.99. The third-order valence-electron chi connectivity index (χ3n) is 6.64. The minimum atomic E-state index is -4.37. The first-order valence-electron chi connectivity index (χ1n) is 12.3. The van der Waals surface area contributed by atoms with Crippen LogP contribution in [0.1, 0.15) is 32.4 Å². The van der Waals surface area contributed by atoms with E-state index in [-0.39, 0.29) is 12.1 Å². The van der Waals surface area contributed by atoms with Crippen molar-refractivity contribution >= 4 is 34.0 Å². The van der Waals surface area contributed by atoms with Crippen LogP contribution in [0, 0.1) is 11.8 Å². The number of ether oxygens (including phenoxy) is 2.